The Morgan fingerprint density at radius 1 is 1.25 bits per heavy atom. The quantitative estimate of drug-likeness (QED) is 0.910. The monoisotopic (exact) mass is 293 g/mol. The number of carbonyl (C=O) groups is 2. The molecule has 104 valence electrons. The van der Waals surface area contributed by atoms with Crippen molar-refractivity contribution in [3.05, 3.63) is 51.0 Å². The number of amides is 1. The second-order valence-electron chi connectivity index (χ2n) is 4.40. The first-order valence-electron chi connectivity index (χ1n) is 5.78. The van der Waals surface area contributed by atoms with Gasteiger partial charge in [0, 0.05) is 5.56 Å². The van der Waals surface area contributed by atoms with Crippen LogP contribution in [0.1, 0.15) is 31.2 Å². The number of benzene rings is 1. The molecule has 0 saturated heterocycles. The van der Waals surface area contributed by atoms with Gasteiger partial charge in [0.25, 0.3) is 5.91 Å². The number of aryl methyl sites for hydroxylation is 2. The van der Waals surface area contributed by atoms with Gasteiger partial charge in [0.15, 0.2) is 0 Å². The molecule has 0 radical (unpaired) electrons. The van der Waals surface area contributed by atoms with Crippen LogP contribution in [0.4, 0.5) is 10.1 Å². The number of anilines is 1. The predicted octanol–water partition coefficient (Wildman–Crippen LogP) is 3.45. The molecule has 4 nitrogen and oxygen atoms in total. The van der Waals surface area contributed by atoms with E-state index in [0.717, 1.165) is 17.4 Å². The fraction of sp³-hybridized carbons (Fsp3) is 0.143. The first-order valence-corrected chi connectivity index (χ1v) is 6.66. The van der Waals surface area contributed by atoms with Crippen LogP contribution in [0.2, 0.25) is 0 Å². The van der Waals surface area contributed by atoms with Crippen LogP contribution >= 0.6 is 11.3 Å². The summed E-state index contributed by atoms with van der Waals surface area (Å²) in [5.41, 5.74) is 1.70. The maximum absolute atomic E-state index is 13.3. The Hall–Kier alpha value is -2.21. The SMILES string of the molecule is Cc1cc(F)cc(C(=O)Nc2c(C)csc2C(=O)O)c1. The highest BCUT2D eigenvalue weighted by molar-refractivity contribution is 7.12. The molecule has 0 aliphatic heterocycles. The molecule has 1 aromatic carbocycles. The standard InChI is InChI=1S/C14H12FNO3S/c1-7-3-9(5-10(15)4-7)13(17)16-11-8(2)6-20-12(11)14(18)19/h3-6H,1-2H3,(H,16,17)(H,18,19). The molecule has 1 heterocycles. The van der Waals surface area contributed by atoms with Crippen LogP contribution in [0.3, 0.4) is 0 Å². The highest BCUT2D eigenvalue weighted by atomic mass is 32.1. The molecule has 0 bridgehead atoms. The molecule has 2 N–H and O–H groups in total. The van der Waals surface area contributed by atoms with E-state index in [4.69, 9.17) is 5.11 Å². The van der Waals surface area contributed by atoms with Crippen LogP contribution in [-0.4, -0.2) is 17.0 Å². The molecule has 0 fully saturated rings. The molecular formula is C14H12FNO3S. The average Bonchev–Trinajstić information content (AvgIpc) is 2.70. The van der Waals surface area contributed by atoms with E-state index in [2.05, 4.69) is 5.32 Å². The molecule has 0 saturated carbocycles. The van der Waals surface area contributed by atoms with Gasteiger partial charge in [-0.1, -0.05) is 0 Å². The number of carbonyl (C=O) groups excluding carboxylic acids is 1. The summed E-state index contributed by atoms with van der Waals surface area (Å²) in [6.45, 7) is 3.38. The summed E-state index contributed by atoms with van der Waals surface area (Å²) in [6, 6.07) is 3.97. The summed E-state index contributed by atoms with van der Waals surface area (Å²) >= 11 is 1.04. The lowest BCUT2D eigenvalue weighted by Crippen LogP contribution is -2.14. The maximum Gasteiger partial charge on any atom is 0.348 e. The minimum atomic E-state index is -1.10. The van der Waals surface area contributed by atoms with Crippen LogP contribution in [0.5, 0.6) is 0 Å². The molecule has 0 aliphatic carbocycles. The zero-order chi connectivity index (χ0) is 14.9. The van der Waals surface area contributed by atoms with E-state index in [9.17, 15) is 14.0 Å². The van der Waals surface area contributed by atoms with Gasteiger partial charge in [-0.05, 0) is 48.6 Å². The van der Waals surface area contributed by atoms with Crippen molar-refractivity contribution in [2.45, 2.75) is 13.8 Å². The molecule has 0 spiro atoms. The Labute approximate surface area is 118 Å². The Kier molecular flexibility index (Phi) is 3.85. The van der Waals surface area contributed by atoms with E-state index in [0.29, 0.717) is 11.1 Å². The molecule has 6 heteroatoms. The van der Waals surface area contributed by atoms with Gasteiger partial charge in [-0.15, -0.1) is 11.3 Å². The zero-order valence-corrected chi connectivity index (χ0v) is 11.7. The number of carboxylic acids is 1. The lowest BCUT2D eigenvalue weighted by Gasteiger charge is -2.07. The van der Waals surface area contributed by atoms with Crippen molar-refractivity contribution >= 4 is 28.9 Å². The minimum absolute atomic E-state index is 0.0592. The molecule has 0 aliphatic rings. The highest BCUT2D eigenvalue weighted by Crippen LogP contribution is 2.28. The van der Waals surface area contributed by atoms with Crippen molar-refractivity contribution in [3.8, 4) is 0 Å². The summed E-state index contributed by atoms with van der Waals surface area (Å²) in [6.07, 6.45) is 0. The van der Waals surface area contributed by atoms with Crippen LogP contribution in [0.15, 0.2) is 23.6 Å². The molecule has 2 rings (SSSR count). The van der Waals surface area contributed by atoms with E-state index in [1.165, 1.54) is 6.07 Å². The molecule has 1 aromatic heterocycles. The highest BCUT2D eigenvalue weighted by Gasteiger charge is 2.18. The number of aromatic carboxylic acids is 1. The summed E-state index contributed by atoms with van der Waals surface area (Å²) in [4.78, 5) is 23.2. The van der Waals surface area contributed by atoms with Gasteiger partial charge in [0.1, 0.15) is 10.7 Å². The second kappa shape index (κ2) is 5.42. The Morgan fingerprint density at radius 3 is 2.55 bits per heavy atom. The van der Waals surface area contributed by atoms with Gasteiger partial charge in [0.05, 0.1) is 5.69 Å². The van der Waals surface area contributed by atoms with Crippen LogP contribution < -0.4 is 5.32 Å². The van der Waals surface area contributed by atoms with Crippen LogP contribution in [0, 0.1) is 19.7 Å². The van der Waals surface area contributed by atoms with Crippen molar-refractivity contribution in [1.29, 1.82) is 0 Å². The summed E-state index contributed by atoms with van der Waals surface area (Å²) in [5, 5.41) is 13.2. The van der Waals surface area contributed by atoms with E-state index in [1.807, 2.05) is 0 Å². The van der Waals surface area contributed by atoms with Gasteiger partial charge in [-0.3, -0.25) is 4.79 Å². The number of thiophene rings is 1. The number of carboxylic acid groups (broad SMARTS) is 1. The number of hydrogen-bond donors (Lipinski definition) is 2. The van der Waals surface area contributed by atoms with Crippen molar-refractivity contribution in [2.24, 2.45) is 0 Å². The van der Waals surface area contributed by atoms with E-state index in [-0.39, 0.29) is 16.1 Å². The van der Waals surface area contributed by atoms with Gasteiger partial charge in [-0.2, -0.15) is 0 Å². The first-order chi connectivity index (χ1) is 9.38. The second-order valence-corrected chi connectivity index (χ2v) is 5.28. The van der Waals surface area contributed by atoms with Gasteiger partial charge < -0.3 is 10.4 Å². The number of rotatable bonds is 3. The topological polar surface area (TPSA) is 66.4 Å². The van der Waals surface area contributed by atoms with E-state index >= 15 is 0 Å². The molecule has 20 heavy (non-hydrogen) atoms. The fourth-order valence-electron chi connectivity index (χ4n) is 1.81. The van der Waals surface area contributed by atoms with Gasteiger partial charge in [-0.25, -0.2) is 9.18 Å². The molecule has 2 aromatic rings. The molecule has 0 unspecified atom stereocenters. The summed E-state index contributed by atoms with van der Waals surface area (Å²) in [7, 11) is 0. The van der Waals surface area contributed by atoms with Crippen LogP contribution in [0.25, 0.3) is 0 Å². The largest absolute Gasteiger partial charge is 0.477 e. The maximum atomic E-state index is 13.3. The first kappa shape index (κ1) is 14.2. The smallest absolute Gasteiger partial charge is 0.348 e. The average molecular weight is 293 g/mol. The third kappa shape index (κ3) is 2.85. The molecule has 0 atom stereocenters. The molecular weight excluding hydrogens is 281 g/mol. The van der Waals surface area contributed by atoms with E-state index < -0.39 is 17.7 Å². The van der Waals surface area contributed by atoms with Crippen molar-refractivity contribution in [3.63, 3.8) is 0 Å². The number of halogens is 1. The minimum Gasteiger partial charge on any atom is -0.477 e. The van der Waals surface area contributed by atoms with Gasteiger partial charge >= 0.3 is 5.97 Å². The third-order valence-corrected chi connectivity index (χ3v) is 3.80. The number of hydrogen-bond acceptors (Lipinski definition) is 3. The Balaban J connectivity index is 2.32. The van der Waals surface area contributed by atoms with Crippen LogP contribution in [-0.2, 0) is 0 Å². The number of nitrogens with one attached hydrogen (secondary N) is 1. The van der Waals surface area contributed by atoms with Crippen molar-refractivity contribution in [1.82, 2.24) is 0 Å². The lowest BCUT2D eigenvalue weighted by molar-refractivity contribution is 0.0703. The summed E-state index contributed by atoms with van der Waals surface area (Å²) in [5.74, 6) is -2.14. The normalized spacial score (nSPS) is 10.3. The van der Waals surface area contributed by atoms with E-state index in [1.54, 1.807) is 25.3 Å². The zero-order valence-electron chi connectivity index (χ0n) is 10.9. The predicted molar refractivity (Wildman–Crippen MR) is 75.1 cm³/mol. The fourth-order valence-corrected chi connectivity index (χ4v) is 2.65. The summed E-state index contributed by atoms with van der Waals surface area (Å²) < 4.78 is 13.3. The van der Waals surface area contributed by atoms with Crippen molar-refractivity contribution < 1.29 is 19.1 Å². The lowest BCUT2D eigenvalue weighted by atomic mass is 10.1. The third-order valence-electron chi connectivity index (χ3n) is 2.71. The van der Waals surface area contributed by atoms with Gasteiger partial charge in [0.2, 0.25) is 0 Å². The Bertz CT molecular complexity index is 673. The molecule has 1 amide bonds. The van der Waals surface area contributed by atoms with Crippen molar-refractivity contribution in [2.75, 3.05) is 5.32 Å². The Morgan fingerprint density at radius 2 is 1.95 bits per heavy atom.